The van der Waals surface area contributed by atoms with Crippen LogP contribution in [0.25, 0.3) is 16.7 Å². The van der Waals surface area contributed by atoms with Crippen molar-refractivity contribution >= 4 is 22.6 Å². The monoisotopic (exact) mass is 349 g/mol. The number of benzene rings is 1. The minimum Gasteiger partial charge on any atom is -0.475 e. The predicted molar refractivity (Wildman–Crippen MR) is 91.7 cm³/mol. The summed E-state index contributed by atoms with van der Waals surface area (Å²) in [7, 11) is 0. The van der Waals surface area contributed by atoms with Crippen molar-refractivity contribution in [3.63, 3.8) is 0 Å². The van der Waals surface area contributed by atoms with E-state index in [0.717, 1.165) is 19.3 Å². The Bertz CT molecular complexity index is 801. The fourth-order valence-electron chi connectivity index (χ4n) is 3.26. The number of rotatable bonds is 4. The molecule has 2 N–H and O–H groups in total. The van der Waals surface area contributed by atoms with Gasteiger partial charge in [-0.2, -0.15) is 0 Å². The summed E-state index contributed by atoms with van der Waals surface area (Å²) in [5, 5.41) is 17.7. The number of aromatic nitrogens is 2. The molecule has 1 aliphatic carbocycles. The number of halogens is 2. The Hall–Kier alpha value is -2.28. The number of hydrogen-bond donors (Lipinski definition) is 2. The van der Waals surface area contributed by atoms with Gasteiger partial charge < -0.3 is 9.84 Å². The molecule has 0 amide bonds. The standard InChI is InChI=1S/C18H21F2N3O2/c1-11(9-16(21)25-13-6-4-5-12(24)10-13)23-15-8-3-2-7-14(15)22-18(23)17(19)20/h2-3,7-9,12-13,17,21,24H,4-6,10H2,1H3/b11-9+,21-16?. The van der Waals surface area contributed by atoms with Crippen LogP contribution < -0.4 is 0 Å². The van der Waals surface area contributed by atoms with Crippen LogP contribution in [0.3, 0.4) is 0 Å². The van der Waals surface area contributed by atoms with Gasteiger partial charge in [0.2, 0.25) is 5.90 Å². The van der Waals surface area contributed by atoms with E-state index in [0.29, 0.717) is 23.2 Å². The number of aliphatic hydroxyl groups excluding tert-OH is 1. The molecular formula is C18H21F2N3O2. The lowest BCUT2D eigenvalue weighted by molar-refractivity contribution is 0.0478. The van der Waals surface area contributed by atoms with Gasteiger partial charge in [-0.3, -0.25) is 9.98 Å². The lowest BCUT2D eigenvalue weighted by Gasteiger charge is -2.26. The Morgan fingerprint density at radius 3 is 2.88 bits per heavy atom. The van der Waals surface area contributed by atoms with E-state index in [-0.39, 0.29) is 17.8 Å². The zero-order chi connectivity index (χ0) is 18.0. The average molecular weight is 349 g/mol. The van der Waals surface area contributed by atoms with Crippen molar-refractivity contribution in [2.24, 2.45) is 0 Å². The molecule has 2 atom stereocenters. The first kappa shape index (κ1) is 17.5. The van der Waals surface area contributed by atoms with Gasteiger partial charge in [-0.15, -0.1) is 0 Å². The topological polar surface area (TPSA) is 71.1 Å². The highest BCUT2D eigenvalue weighted by Crippen LogP contribution is 2.27. The Labute approximate surface area is 144 Å². The highest BCUT2D eigenvalue weighted by Gasteiger charge is 2.23. The molecule has 1 fully saturated rings. The third kappa shape index (κ3) is 3.87. The lowest BCUT2D eigenvalue weighted by Crippen LogP contribution is -2.27. The van der Waals surface area contributed by atoms with Crippen LogP contribution in [0.15, 0.2) is 30.3 Å². The summed E-state index contributed by atoms with van der Waals surface area (Å²) in [5.41, 5.74) is 1.48. The van der Waals surface area contributed by atoms with Crippen molar-refractivity contribution in [2.45, 2.75) is 51.2 Å². The highest BCUT2D eigenvalue weighted by atomic mass is 19.3. The molecule has 1 saturated carbocycles. The van der Waals surface area contributed by atoms with Gasteiger partial charge in [0.1, 0.15) is 6.10 Å². The summed E-state index contributed by atoms with van der Waals surface area (Å²) in [5.74, 6) is -0.453. The molecule has 3 rings (SSSR count). The molecular weight excluding hydrogens is 328 g/mol. The molecule has 1 aromatic carbocycles. The van der Waals surface area contributed by atoms with Crippen LogP contribution in [-0.4, -0.2) is 32.8 Å². The fraction of sp³-hybridized carbons (Fsp3) is 0.444. The molecule has 2 aromatic rings. The average Bonchev–Trinajstić information content (AvgIpc) is 2.94. The van der Waals surface area contributed by atoms with Gasteiger partial charge in [0.15, 0.2) is 5.82 Å². The number of imidazole rings is 1. The fourth-order valence-corrected chi connectivity index (χ4v) is 3.26. The van der Waals surface area contributed by atoms with Crippen LogP contribution in [0.2, 0.25) is 0 Å². The Balaban J connectivity index is 1.85. The summed E-state index contributed by atoms with van der Waals surface area (Å²) < 4.78 is 33.6. The molecule has 134 valence electrons. The van der Waals surface area contributed by atoms with Gasteiger partial charge in [0.25, 0.3) is 6.43 Å². The van der Waals surface area contributed by atoms with Gasteiger partial charge in [-0.1, -0.05) is 12.1 Å². The molecule has 0 spiro atoms. The predicted octanol–water partition coefficient (Wildman–Crippen LogP) is 4.13. The van der Waals surface area contributed by atoms with Crippen molar-refractivity contribution in [2.75, 3.05) is 0 Å². The van der Waals surface area contributed by atoms with Gasteiger partial charge in [-0.05, 0) is 38.3 Å². The minimum atomic E-state index is -2.72. The zero-order valence-corrected chi connectivity index (χ0v) is 14.0. The highest BCUT2D eigenvalue weighted by molar-refractivity contribution is 5.92. The molecule has 1 aromatic heterocycles. The minimum absolute atomic E-state index is 0.102. The molecule has 25 heavy (non-hydrogen) atoms. The van der Waals surface area contributed by atoms with Crippen molar-refractivity contribution in [3.05, 3.63) is 36.2 Å². The molecule has 0 bridgehead atoms. The summed E-state index contributed by atoms with van der Waals surface area (Å²) in [4.78, 5) is 3.99. The summed E-state index contributed by atoms with van der Waals surface area (Å²) in [6.45, 7) is 1.65. The Morgan fingerprint density at radius 1 is 1.40 bits per heavy atom. The first-order chi connectivity index (χ1) is 12.0. The number of hydrogen-bond acceptors (Lipinski definition) is 4. The first-order valence-electron chi connectivity index (χ1n) is 8.33. The van der Waals surface area contributed by atoms with Gasteiger partial charge in [-0.25, -0.2) is 13.8 Å². The maximum absolute atomic E-state index is 13.4. The van der Waals surface area contributed by atoms with E-state index in [1.165, 1.54) is 10.6 Å². The van der Waals surface area contributed by atoms with E-state index in [9.17, 15) is 13.9 Å². The van der Waals surface area contributed by atoms with Crippen LogP contribution in [0.1, 0.15) is 44.9 Å². The van der Waals surface area contributed by atoms with Gasteiger partial charge >= 0.3 is 0 Å². The van der Waals surface area contributed by atoms with Crippen molar-refractivity contribution in [1.29, 1.82) is 5.41 Å². The number of nitrogens with one attached hydrogen (secondary N) is 1. The first-order valence-corrected chi connectivity index (χ1v) is 8.33. The second-order valence-electron chi connectivity index (χ2n) is 6.31. The molecule has 0 radical (unpaired) electrons. The summed E-state index contributed by atoms with van der Waals surface area (Å²) >= 11 is 0. The molecule has 0 saturated heterocycles. The Morgan fingerprint density at radius 2 is 2.16 bits per heavy atom. The third-order valence-electron chi connectivity index (χ3n) is 4.37. The molecule has 5 nitrogen and oxygen atoms in total. The Kier molecular flexibility index (Phi) is 5.13. The lowest BCUT2D eigenvalue weighted by atomic mass is 9.95. The van der Waals surface area contributed by atoms with E-state index in [1.807, 2.05) is 0 Å². The van der Waals surface area contributed by atoms with Crippen molar-refractivity contribution < 1.29 is 18.6 Å². The smallest absolute Gasteiger partial charge is 0.295 e. The van der Waals surface area contributed by atoms with Crippen molar-refractivity contribution in [1.82, 2.24) is 9.55 Å². The molecule has 7 heteroatoms. The number of allylic oxidation sites excluding steroid dienone is 1. The number of alkyl halides is 2. The number of para-hydroxylation sites is 2. The van der Waals surface area contributed by atoms with Crippen LogP contribution >= 0.6 is 0 Å². The number of aliphatic hydroxyl groups is 1. The maximum atomic E-state index is 13.4. The van der Waals surface area contributed by atoms with Crippen molar-refractivity contribution in [3.8, 4) is 0 Å². The van der Waals surface area contributed by atoms with E-state index >= 15 is 0 Å². The molecule has 2 unspecified atom stereocenters. The summed E-state index contributed by atoms with van der Waals surface area (Å²) in [6.07, 6.45) is 0.952. The third-order valence-corrected chi connectivity index (χ3v) is 4.37. The van der Waals surface area contributed by atoms with Crippen LogP contribution in [0, 0.1) is 5.41 Å². The second kappa shape index (κ2) is 7.31. The SMILES string of the molecule is C/C(=C\C(=N)OC1CCCC(O)C1)n1c(C(F)F)nc2ccccc21. The van der Waals surface area contributed by atoms with Crippen LogP contribution in [-0.2, 0) is 4.74 Å². The van der Waals surface area contributed by atoms with E-state index in [2.05, 4.69) is 4.98 Å². The van der Waals surface area contributed by atoms with Crippen LogP contribution in [0.4, 0.5) is 8.78 Å². The van der Waals surface area contributed by atoms with E-state index < -0.39 is 12.5 Å². The van der Waals surface area contributed by atoms with E-state index in [4.69, 9.17) is 10.1 Å². The van der Waals surface area contributed by atoms with Gasteiger partial charge in [0, 0.05) is 18.2 Å². The molecule has 0 aliphatic heterocycles. The number of fused-ring (bicyclic) bond motifs is 1. The largest absolute Gasteiger partial charge is 0.475 e. The number of ether oxygens (including phenoxy) is 1. The molecule has 1 aliphatic rings. The van der Waals surface area contributed by atoms with Crippen LogP contribution in [0.5, 0.6) is 0 Å². The normalized spacial score (nSPS) is 21.7. The zero-order valence-electron chi connectivity index (χ0n) is 14.0. The maximum Gasteiger partial charge on any atom is 0.295 e. The number of nitrogens with zero attached hydrogens (tertiary/aromatic N) is 2. The van der Waals surface area contributed by atoms with Gasteiger partial charge in [0.05, 0.1) is 17.1 Å². The van der Waals surface area contributed by atoms with E-state index in [1.54, 1.807) is 31.2 Å². The summed E-state index contributed by atoms with van der Waals surface area (Å²) in [6, 6.07) is 6.89. The quantitative estimate of drug-likeness (QED) is 0.644. The molecule has 1 heterocycles. The second-order valence-corrected chi connectivity index (χ2v) is 6.31.